The first kappa shape index (κ1) is 8.12. The molecule has 0 spiro atoms. The van der Waals surface area contributed by atoms with Gasteiger partial charge in [0.05, 0.1) is 0 Å². The van der Waals surface area contributed by atoms with Crippen LogP contribution in [-0.4, -0.2) is 5.11 Å². The summed E-state index contributed by atoms with van der Waals surface area (Å²) in [6, 6.07) is 0. The summed E-state index contributed by atoms with van der Waals surface area (Å²) in [4.78, 5) is 0. The normalized spacial score (nSPS) is 18.2. The minimum Gasteiger partial charge on any atom is -0.508 e. The highest BCUT2D eigenvalue weighted by atomic mass is 16.3. The number of allylic oxidation sites excluding steroid dienone is 3. The van der Waals surface area contributed by atoms with Crippen LogP contribution in [0.5, 0.6) is 0 Å². The minimum atomic E-state index is 0.222. The molecule has 0 atom stereocenters. The Hall–Kier alpha value is -0.980. The summed E-state index contributed by atoms with van der Waals surface area (Å²) in [6.07, 6.45) is 6.19. The Morgan fingerprint density at radius 1 is 1.36 bits per heavy atom. The molecule has 0 aromatic carbocycles. The van der Waals surface area contributed by atoms with Gasteiger partial charge in [0.15, 0.2) is 0 Å². The molecule has 0 amide bonds. The molecule has 60 valence electrons. The Balaban J connectivity index is 2.90. The van der Waals surface area contributed by atoms with Gasteiger partial charge in [-0.05, 0) is 36.8 Å². The van der Waals surface area contributed by atoms with E-state index >= 15 is 0 Å². The molecule has 0 bridgehead atoms. The lowest BCUT2D eigenvalue weighted by Gasteiger charge is -2.16. The summed E-state index contributed by atoms with van der Waals surface area (Å²) < 4.78 is 0. The molecule has 1 aliphatic carbocycles. The number of aliphatic hydroxyl groups excluding tert-OH is 1. The van der Waals surface area contributed by atoms with Crippen molar-refractivity contribution in [3.05, 3.63) is 36.1 Å². The second kappa shape index (κ2) is 3.42. The summed E-state index contributed by atoms with van der Waals surface area (Å²) in [7, 11) is 0. The molecule has 1 heteroatoms. The van der Waals surface area contributed by atoms with E-state index < -0.39 is 0 Å². The number of hydrogen-bond acceptors (Lipinski definition) is 1. The molecule has 0 fully saturated rings. The zero-order valence-corrected chi connectivity index (χ0v) is 6.77. The van der Waals surface area contributed by atoms with E-state index in [0.29, 0.717) is 0 Å². The summed E-state index contributed by atoms with van der Waals surface area (Å²) in [5, 5.41) is 9.18. The molecule has 0 radical (unpaired) electrons. The highest BCUT2D eigenvalue weighted by Gasteiger charge is 2.11. The van der Waals surface area contributed by atoms with Crippen LogP contribution in [0.15, 0.2) is 36.1 Å². The van der Waals surface area contributed by atoms with Crippen molar-refractivity contribution in [2.45, 2.75) is 25.7 Å². The summed E-state index contributed by atoms with van der Waals surface area (Å²) >= 11 is 0. The van der Waals surface area contributed by atoms with Gasteiger partial charge in [-0.3, -0.25) is 0 Å². The van der Waals surface area contributed by atoms with E-state index in [1.165, 1.54) is 12.0 Å². The summed E-state index contributed by atoms with van der Waals surface area (Å²) in [5.74, 6) is 0.222. The van der Waals surface area contributed by atoms with E-state index in [9.17, 15) is 5.11 Å². The third-order valence-electron chi connectivity index (χ3n) is 2.11. The van der Waals surface area contributed by atoms with Gasteiger partial charge < -0.3 is 5.11 Å². The fourth-order valence-electron chi connectivity index (χ4n) is 1.48. The average Bonchev–Trinajstić information content (AvgIpc) is 2.04. The zero-order chi connectivity index (χ0) is 8.27. The van der Waals surface area contributed by atoms with Gasteiger partial charge in [0.2, 0.25) is 0 Å². The van der Waals surface area contributed by atoms with Crippen molar-refractivity contribution >= 4 is 0 Å². The second-order valence-electron chi connectivity index (χ2n) is 2.86. The van der Waals surface area contributed by atoms with Gasteiger partial charge in [0.25, 0.3) is 0 Å². The van der Waals surface area contributed by atoms with Crippen LogP contribution in [0.2, 0.25) is 0 Å². The smallest absolute Gasteiger partial charge is 0.111 e. The topological polar surface area (TPSA) is 20.2 Å². The van der Waals surface area contributed by atoms with Gasteiger partial charge in [0.1, 0.15) is 5.76 Å². The first-order chi connectivity index (χ1) is 5.25. The molecule has 1 aliphatic rings. The van der Waals surface area contributed by atoms with Crippen LogP contribution >= 0.6 is 0 Å². The third-order valence-corrected chi connectivity index (χ3v) is 2.11. The minimum absolute atomic E-state index is 0.222. The molecule has 11 heavy (non-hydrogen) atoms. The molecule has 0 unspecified atom stereocenters. The van der Waals surface area contributed by atoms with Crippen LogP contribution < -0.4 is 0 Å². The van der Waals surface area contributed by atoms with Gasteiger partial charge in [0, 0.05) is 0 Å². The van der Waals surface area contributed by atoms with Crippen LogP contribution in [0.1, 0.15) is 25.7 Å². The van der Waals surface area contributed by atoms with Crippen LogP contribution in [0.3, 0.4) is 0 Å². The average molecular weight is 150 g/mol. The molecule has 0 aliphatic heterocycles. The van der Waals surface area contributed by atoms with E-state index in [1.54, 1.807) is 0 Å². The lowest BCUT2D eigenvalue weighted by molar-refractivity contribution is 0.415. The quantitative estimate of drug-likeness (QED) is 0.599. The van der Waals surface area contributed by atoms with Gasteiger partial charge in [-0.2, -0.15) is 0 Å². The summed E-state index contributed by atoms with van der Waals surface area (Å²) in [6.45, 7) is 7.23. The molecular formula is C10H14O. The van der Waals surface area contributed by atoms with Gasteiger partial charge in [-0.25, -0.2) is 0 Å². The highest BCUT2D eigenvalue weighted by molar-refractivity contribution is 5.35. The Morgan fingerprint density at radius 2 is 2.00 bits per heavy atom. The van der Waals surface area contributed by atoms with Crippen LogP contribution in [0.25, 0.3) is 0 Å². The number of rotatable bonds is 2. The first-order valence-corrected chi connectivity index (χ1v) is 3.98. The Morgan fingerprint density at radius 3 is 2.45 bits per heavy atom. The Kier molecular flexibility index (Phi) is 2.53. The van der Waals surface area contributed by atoms with Gasteiger partial charge in [-0.1, -0.05) is 19.2 Å². The Bertz CT molecular complexity index is 211. The van der Waals surface area contributed by atoms with Crippen molar-refractivity contribution in [3.8, 4) is 0 Å². The third kappa shape index (κ3) is 1.73. The van der Waals surface area contributed by atoms with Crippen LogP contribution in [0, 0.1) is 0 Å². The second-order valence-corrected chi connectivity index (χ2v) is 2.86. The molecule has 0 saturated heterocycles. The fourth-order valence-corrected chi connectivity index (χ4v) is 1.48. The predicted octanol–water partition coefficient (Wildman–Crippen LogP) is 3.11. The number of hydrogen-bond donors (Lipinski definition) is 1. The maximum absolute atomic E-state index is 9.18. The standard InChI is InChI=1S/C10H14O/c1-3-9-6-4-5-7-10(9)8(2)11/h3,11H,1-2,4-7H2. The lowest BCUT2D eigenvalue weighted by Crippen LogP contribution is -1.99. The Labute approximate surface area is 67.7 Å². The zero-order valence-electron chi connectivity index (χ0n) is 6.77. The monoisotopic (exact) mass is 150 g/mol. The maximum atomic E-state index is 9.18. The largest absolute Gasteiger partial charge is 0.508 e. The van der Waals surface area contributed by atoms with E-state index in [4.69, 9.17) is 0 Å². The van der Waals surface area contributed by atoms with Crippen LogP contribution in [0.4, 0.5) is 0 Å². The van der Waals surface area contributed by atoms with Gasteiger partial charge in [-0.15, -0.1) is 0 Å². The van der Waals surface area contributed by atoms with E-state index in [2.05, 4.69) is 13.2 Å². The van der Waals surface area contributed by atoms with Crippen LogP contribution in [-0.2, 0) is 0 Å². The molecule has 0 aromatic rings. The van der Waals surface area contributed by atoms with E-state index in [-0.39, 0.29) is 5.76 Å². The van der Waals surface area contributed by atoms with E-state index in [1.807, 2.05) is 6.08 Å². The molecule has 0 aromatic heterocycles. The van der Waals surface area contributed by atoms with Gasteiger partial charge >= 0.3 is 0 Å². The van der Waals surface area contributed by atoms with Crippen molar-refractivity contribution < 1.29 is 5.11 Å². The van der Waals surface area contributed by atoms with Crippen molar-refractivity contribution in [1.82, 2.24) is 0 Å². The first-order valence-electron chi connectivity index (χ1n) is 3.98. The van der Waals surface area contributed by atoms with Crippen molar-refractivity contribution in [2.75, 3.05) is 0 Å². The number of aliphatic hydroxyl groups is 1. The van der Waals surface area contributed by atoms with E-state index in [0.717, 1.165) is 24.8 Å². The molecule has 0 heterocycles. The molecule has 1 N–H and O–H groups in total. The SMILES string of the molecule is C=CC1=C(C(=C)O)CCCC1. The summed E-state index contributed by atoms with van der Waals surface area (Å²) in [5.41, 5.74) is 2.18. The lowest BCUT2D eigenvalue weighted by atomic mass is 9.91. The molecular weight excluding hydrogens is 136 g/mol. The van der Waals surface area contributed by atoms with Crippen molar-refractivity contribution in [2.24, 2.45) is 0 Å². The maximum Gasteiger partial charge on any atom is 0.111 e. The molecule has 0 saturated carbocycles. The van der Waals surface area contributed by atoms with Crippen molar-refractivity contribution in [1.29, 1.82) is 0 Å². The fraction of sp³-hybridized carbons (Fsp3) is 0.400. The molecule has 1 rings (SSSR count). The highest BCUT2D eigenvalue weighted by Crippen LogP contribution is 2.28. The van der Waals surface area contributed by atoms with Crippen molar-refractivity contribution in [3.63, 3.8) is 0 Å². The molecule has 1 nitrogen and oxygen atoms in total. The predicted molar refractivity (Wildman–Crippen MR) is 47.5 cm³/mol.